The maximum atomic E-state index is 12.6. The molecule has 0 aromatic heterocycles. The minimum atomic E-state index is -0.579. The van der Waals surface area contributed by atoms with Crippen LogP contribution in [0.2, 0.25) is 0 Å². The highest BCUT2D eigenvalue weighted by Gasteiger charge is 2.19. The van der Waals surface area contributed by atoms with E-state index in [9.17, 15) is 14.4 Å². The highest BCUT2D eigenvalue weighted by molar-refractivity contribution is 5.80. The van der Waals surface area contributed by atoms with Crippen molar-refractivity contribution in [3.63, 3.8) is 0 Å². The fourth-order valence-electron chi connectivity index (χ4n) is 2.93. The van der Waals surface area contributed by atoms with E-state index >= 15 is 0 Å². The van der Waals surface area contributed by atoms with Gasteiger partial charge in [0.25, 0.3) is 0 Å². The van der Waals surface area contributed by atoms with Crippen molar-refractivity contribution in [3.05, 3.63) is 71.8 Å². The Bertz CT molecular complexity index is 830. The smallest absolute Gasteiger partial charge is 0.410 e. The van der Waals surface area contributed by atoms with E-state index in [0.29, 0.717) is 13.0 Å². The van der Waals surface area contributed by atoms with Gasteiger partial charge >= 0.3 is 12.1 Å². The van der Waals surface area contributed by atoms with Crippen molar-refractivity contribution < 1.29 is 23.9 Å². The van der Waals surface area contributed by atoms with Crippen molar-refractivity contribution in [1.29, 1.82) is 0 Å². The Labute approximate surface area is 182 Å². The van der Waals surface area contributed by atoms with Gasteiger partial charge in [0.2, 0.25) is 5.91 Å². The van der Waals surface area contributed by atoms with Gasteiger partial charge in [0.15, 0.2) is 0 Å². The average molecular weight is 428 g/mol. The van der Waals surface area contributed by atoms with E-state index in [4.69, 9.17) is 10.5 Å². The monoisotopic (exact) mass is 427 g/mol. The highest BCUT2D eigenvalue weighted by atomic mass is 16.6. The van der Waals surface area contributed by atoms with Crippen LogP contribution in [0.3, 0.4) is 0 Å². The van der Waals surface area contributed by atoms with Crippen molar-refractivity contribution in [2.24, 2.45) is 5.73 Å². The molecule has 0 aliphatic carbocycles. The van der Waals surface area contributed by atoms with Gasteiger partial charge in [0.1, 0.15) is 6.61 Å². The largest absolute Gasteiger partial charge is 0.469 e. The lowest BCUT2D eigenvalue weighted by atomic mass is 10.1. The lowest BCUT2D eigenvalue weighted by Crippen LogP contribution is -2.47. The van der Waals surface area contributed by atoms with Gasteiger partial charge in [0, 0.05) is 19.6 Å². The van der Waals surface area contributed by atoms with Gasteiger partial charge in [-0.2, -0.15) is 0 Å². The van der Waals surface area contributed by atoms with E-state index in [2.05, 4.69) is 10.1 Å². The Hall–Kier alpha value is -3.39. The highest BCUT2D eigenvalue weighted by Crippen LogP contribution is 2.06. The predicted octanol–water partition coefficient (Wildman–Crippen LogP) is 1.87. The molecule has 0 aliphatic heterocycles. The average Bonchev–Trinajstić information content (AvgIpc) is 2.79. The zero-order valence-electron chi connectivity index (χ0n) is 17.7. The predicted molar refractivity (Wildman–Crippen MR) is 116 cm³/mol. The second kappa shape index (κ2) is 13.0. The third-order valence-corrected chi connectivity index (χ3v) is 4.68. The first-order valence-corrected chi connectivity index (χ1v) is 10.1. The minimum Gasteiger partial charge on any atom is -0.469 e. The summed E-state index contributed by atoms with van der Waals surface area (Å²) in [5.74, 6) is -0.899. The van der Waals surface area contributed by atoms with Crippen LogP contribution in [0.4, 0.5) is 4.79 Å². The maximum Gasteiger partial charge on any atom is 0.410 e. The number of nitrogens with one attached hydrogen (secondary N) is 1. The number of esters is 1. The summed E-state index contributed by atoms with van der Waals surface area (Å²) < 4.78 is 10.0. The van der Waals surface area contributed by atoms with Crippen LogP contribution in [-0.4, -0.2) is 55.7 Å². The molecule has 1 unspecified atom stereocenters. The third-order valence-electron chi connectivity index (χ3n) is 4.68. The second-order valence-electron chi connectivity index (χ2n) is 6.95. The number of benzene rings is 2. The summed E-state index contributed by atoms with van der Waals surface area (Å²) in [6.45, 7) is 0.812. The third kappa shape index (κ3) is 8.88. The number of rotatable bonds is 12. The molecule has 0 heterocycles. The van der Waals surface area contributed by atoms with E-state index in [-0.39, 0.29) is 26.1 Å². The second-order valence-corrected chi connectivity index (χ2v) is 6.95. The minimum absolute atomic E-state index is 0.0419. The summed E-state index contributed by atoms with van der Waals surface area (Å²) in [5, 5.41) is 3.09. The number of amides is 2. The van der Waals surface area contributed by atoms with Gasteiger partial charge in [0.05, 0.1) is 19.6 Å². The Morgan fingerprint density at radius 2 is 1.58 bits per heavy atom. The van der Waals surface area contributed by atoms with E-state index in [1.54, 1.807) is 0 Å². The zero-order chi connectivity index (χ0) is 22.5. The molecule has 0 aliphatic rings. The molecule has 1 atom stereocenters. The van der Waals surface area contributed by atoms with E-state index in [0.717, 1.165) is 11.1 Å². The Kier molecular flexibility index (Phi) is 10.0. The molecule has 8 nitrogen and oxygen atoms in total. The number of nitrogens with zero attached hydrogens (tertiary/aromatic N) is 1. The number of primary amides is 1. The summed E-state index contributed by atoms with van der Waals surface area (Å²) in [6, 6.07) is 18.3. The fourth-order valence-corrected chi connectivity index (χ4v) is 2.93. The summed E-state index contributed by atoms with van der Waals surface area (Å²) in [5.41, 5.74) is 7.36. The molecule has 0 bridgehead atoms. The van der Waals surface area contributed by atoms with E-state index in [1.165, 1.54) is 12.0 Å². The van der Waals surface area contributed by atoms with Crippen molar-refractivity contribution in [2.75, 3.05) is 26.7 Å². The molecular weight excluding hydrogens is 398 g/mol. The number of carbonyl (C=O) groups is 3. The standard InChI is InChI=1S/C23H29N3O5/c1-30-21(27)12-14-26(23(29)31-17-19-10-6-3-7-11-19)15-13-25-20(22(24)28)16-18-8-4-2-5-9-18/h2-11,20,25H,12-17H2,1H3,(H2,24,28). The lowest BCUT2D eigenvalue weighted by Gasteiger charge is -2.23. The van der Waals surface area contributed by atoms with E-state index < -0.39 is 24.0 Å². The van der Waals surface area contributed by atoms with Crippen LogP contribution in [0.1, 0.15) is 17.5 Å². The molecule has 0 fully saturated rings. The van der Waals surface area contributed by atoms with Crippen LogP contribution < -0.4 is 11.1 Å². The number of nitrogens with two attached hydrogens (primary N) is 1. The van der Waals surface area contributed by atoms with Crippen molar-refractivity contribution in [3.8, 4) is 0 Å². The number of carbonyl (C=O) groups excluding carboxylic acids is 3. The van der Waals surface area contributed by atoms with Crippen LogP contribution in [0, 0.1) is 0 Å². The molecule has 0 radical (unpaired) electrons. The lowest BCUT2D eigenvalue weighted by molar-refractivity contribution is -0.140. The normalized spacial score (nSPS) is 11.4. The summed E-state index contributed by atoms with van der Waals surface area (Å²) in [6.07, 6.45) is -0.0648. The van der Waals surface area contributed by atoms with Crippen molar-refractivity contribution >= 4 is 18.0 Å². The molecule has 2 aromatic rings. The first-order valence-electron chi connectivity index (χ1n) is 10.1. The zero-order valence-corrected chi connectivity index (χ0v) is 17.7. The molecule has 31 heavy (non-hydrogen) atoms. The molecule has 8 heteroatoms. The molecule has 0 saturated heterocycles. The van der Waals surface area contributed by atoms with Crippen LogP contribution in [0.25, 0.3) is 0 Å². The van der Waals surface area contributed by atoms with E-state index in [1.807, 2.05) is 60.7 Å². The maximum absolute atomic E-state index is 12.6. The summed E-state index contributed by atoms with van der Waals surface area (Å²) in [4.78, 5) is 37.3. The van der Waals surface area contributed by atoms with Gasteiger partial charge in [-0.15, -0.1) is 0 Å². The number of hydrogen-bond donors (Lipinski definition) is 2. The number of methoxy groups -OCH3 is 1. The molecule has 2 aromatic carbocycles. The SMILES string of the molecule is COC(=O)CCN(CCNC(Cc1ccccc1)C(N)=O)C(=O)OCc1ccccc1. The van der Waals surface area contributed by atoms with Gasteiger partial charge in [-0.3, -0.25) is 9.59 Å². The van der Waals surface area contributed by atoms with Gasteiger partial charge < -0.3 is 25.4 Å². The van der Waals surface area contributed by atoms with Gasteiger partial charge in [-0.05, 0) is 17.5 Å². The molecule has 2 amide bonds. The first kappa shape index (κ1) is 23.9. The Morgan fingerprint density at radius 1 is 0.968 bits per heavy atom. The Balaban J connectivity index is 1.91. The van der Waals surface area contributed by atoms with Gasteiger partial charge in [-0.25, -0.2) is 4.79 Å². The molecule has 3 N–H and O–H groups in total. The van der Waals surface area contributed by atoms with Crippen LogP contribution in [0.5, 0.6) is 0 Å². The Morgan fingerprint density at radius 3 is 2.16 bits per heavy atom. The number of ether oxygens (including phenoxy) is 2. The van der Waals surface area contributed by atoms with Crippen LogP contribution in [-0.2, 0) is 32.1 Å². The number of hydrogen-bond acceptors (Lipinski definition) is 6. The fraction of sp³-hybridized carbons (Fsp3) is 0.348. The van der Waals surface area contributed by atoms with Crippen LogP contribution >= 0.6 is 0 Å². The first-order chi connectivity index (χ1) is 15.0. The van der Waals surface area contributed by atoms with Crippen LogP contribution in [0.15, 0.2) is 60.7 Å². The molecule has 0 spiro atoms. The molecule has 2 rings (SSSR count). The molecule has 166 valence electrons. The van der Waals surface area contributed by atoms with Gasteiger partial charge in [-0.1, -0.05) is 60.7 Å². The van der Waals surface area contributed by atoms with Crippen molar-refractivity contribution in [2.45, 2.75) is 25.5 Å². The quantitative estimate of drug-likeness (QED) is 0.501. The molecular formula is C23H29N3O5. The summed E-state index contributed by atoms with van der Waals surface area (Å²) in [7, 11) is 1.29. The molecule has 0 saturated carbocycles. The van der Waals surface area contributed by atoms with Crippen molar-refractivity contribution in [1.82, 2.24) is 10.2 Å². The topological polar surface area (TPSA) is 111 Å². The summed E-state index contributed by atoms with van der Waals surface area (Å²) >= 11 is 0.